The molecule has 0 bridgehead atoms. The van der Waals surface area contributed by atoms with Gasteiger partial charge in [0, 0.05) is 52.6 Å². The maximum Gasteiger partial charge on any atom is 0.300 e. The molecule has 2 aliphatic rings. The number of morpholine rings is 1. The van der Waals surface area contributed by atoms with E-state index in [-0.39, 0.29) is 12.0 Å². The molecule has 31 heavy (non-hydrogen) atoms. The van der Waals surface area contributed by atoms with Crippen molar-refractivity contribution in [1.29, 1.82) is 0 Å². The number of ether oxygens (including phenoxy) is 1. The molecule has 1 atom stereocenters. The molecular formula is C17H26N8O6. The molecule has 2 aromatic heterocycles. The third-order valence-corrected chi connectivity index (χ3v) is 4.14. The Morgan fingerprint density at radius 2 is 1.87 bits per heavy atom. The van der Waals surface area contributed by atoms with Crippen molar-refractivity contribution in [3.63, 3.8) is 0 Å². The van der Waals surface area contributed by atoms with E-state index < -0.39 is 11.9 Å². The molecule has 170 valence electrons. The third kappa shape index (κ3) is 7.75. The minimum Gasteiger partial charge on any atom is -0.481 e. The van der Waals surface area contributed by atoms with Crippen LogP contribution in [0.1, 0.15) is 42.1 Å². The molecule has 2 aromatic rings. The summed E-state index contributed by atoms with van der Waals surface area (Å²) in [5.74, 6) is -0.314. The standard InChI is InChI=1S/C13H18N8O2.2C2H4O2/c22-13(9-7-20-4-3-14-2-1-11(20)15-9)21-5-6-23-10(8-21)12-16-18-19-17-12;2*1-2(3)4/h7,10,14H,1-6,8H2,(H,16,17,18,19);2*1H3,(H,3,4). The predicted molar refractivity (Wildman–Crippen MR) is 104 cm³/mol. The molecule has 4 heterocycles. The average molecular weight is 438 g/mol. The topological polar surface area (TPSA) is 188 Å². The van der Waals surface area contributed by atoms with Gasteiger partial charge in [-0.2, -0.15) is 5.21 Å². The fourth-order valence-electron chi connectivity index (χ4n) is 2.93. The average Bonchev–Trinajstić information content (AvgIpc) is 3.33. The van der Waals surface area contributed by atoms with E-state index in [1.54, 1.807) is 4.90 Å². The van der Waals surface area contributed by atoms with Gasteiger partial charge in [-0.1, -0.05) is 5.21 Å². The van der Waals surface area contributed by atoms with Gasteiger partial charge in [0.05, 0.1) is 13.2 Å². The van der Waals surface area contributed by atoms with E-state index in [2.05, 4.69) is 35.5 Å². The van der Waals surface area contributed by atoms with Crippen molar-refractivity contribution in [1.82, 2.24) is 40.4 Å². The Hall–Kier alpha value is -3.39. The summed E-state index contributed by atoms with van der Waals surface area (Å²) in [7, 11) is 0. The number of fused-ring (bicyclic) bond motifs is 1. The van der Waals surface area contributed by atoms with E-state index in [0.29, 0.717) is 31.2 Å². The van der Waals surface area contributed by atoms with E-state index >= 15 is 0 Å². The first-order chi connectivity index (χ1) is 14.8. The van der Waals surface area contributed by atoms with Crippen LogP contribution in [0, 0.1) is 0 Å². The number of nitrogens with one attached hydrogen (secondary N) is 2. The minimum absolute atomic E-state index is 0.0738. The van der Waals surface area contributed by atoms with Crippen LogP contribution in [-0.2, 0) is 27.3 Å². The fourth-order valence-corrected chi connectivity index (χ4v) is 2.93. The summed E-state index contributed by atoms with van der Waals surface area (Å²) in [5, 5.41) is 32.0. The van der Waals surface area contributed by atoms with Gasteiger partial charge in [-0.25, -0.2) is 4.98 Å². The zero-order valence-corrected chi connectivity index (χ0v) is 17.3. The molecule has 4 rings (SSSR count). The number of carbonyl (C=O) groups excluding carboxylic acids is 1. The Balaban J connectivity index is 0.000000370. The first-order valence-electron chi connectivity index (χ1n) is 9.58. The number of hydrogen-bond acceptors (Lipinski definition) is 9. The maximum absolute atomic E-state index is 12.7. The van der Waals surface area contributed by atoms with E-state index in [9.17, 15) is 4.79 Å². The first kappa shape index (κ1) is 23.9. The van der Waals surface area contributed by atoms with Crippen LogP contribution in [0.2, 0.25) is 0 Å². The Bertz CT molecular complexity index is 825. The molecule has 14 nitrogen and oxygen atoms in total. The lowest BCUT2D eigenvalue weighted by Gasteiger charge is -2.30. The maximum atomic E-state index is 12.7. The third-order valence-electron chi connectivity index (χ3n) is 4.14. The van der Waals surface area contributed by atoms with Crippen molar-refractivity contribution in [3.05, 3.63) is 23.5 Å². The molecule has 1 fully saturated rings. The normalized spacial score (nSPS) is 17.7. The van der Waals surface area contributed by atoms with Gasteiger partial charge in [0.25, 0.3) is 17.8 Å². The summed E-state index contributed by atoms with van der Waals surface area (Å²) in [4.78, 5) is 37.0. The van der Waals surface area contributed by atoms with Crippen molar-refractivity contribution < 1.29 is 29.3 Å². The van der Waals surface area contributed by atoms with Crippen LogP contribution in [0.25, 0.3) is 0 Å². The summed E-state index contributed by atoms with van der Waals surface area (Å²) >= 11 is 0. The second-order valence-electron chi connectivity index (χ2n) is 6.65. The molecule has 0 aromatic carbocycles. The van der Waals surface area contributed by atoms with Crippen LogP contribution >= 0.6 is 0 Å². The summed E-state index contributed by atoms with van der Waals surface area (Å²) in [6.07, 6.45) is 2.34. The molecular weight excluding hydrogens is 412 g/mol. The smallest absolute Gasteiger partial charge is 0.300 e. The number of carboxylic acid groups (broad SMARTS) is 2. The van der Waals surface area contributed by atoms with Gasteiger partial charge < -0.3 is 29.7 Å². The van der Waals surface area contributed by atoms with Crippen molar-refractivity contribution >= 4 is 17.8 Å². The second-order valence-corrected chi connectivity index (χ2v) is 6.65. The Labute approximate surface area is 177 Å². The van der Waals surface area contributed by atoms with Gasteiger partial charge in [0.2, 0.25) is 5.82 Å². The van der Waals surface area contributed by atoms with Crippen LogP contribution in [-0.4, -0.2) is 95.9 Å². The van der Waals surface area contributed by atoms with Crippen LogP contribution in [0.3, 0.4) is 0 Å². The molecule has 1 saturated heterocycles. The van der Waals surface area contributed by atoms with Crippen LogP contribution < -0.4 is 5.32 Å². The number of H-pyrrole nitrogens is 1. The van der Waals surface area contributed by atoms with Crippen LogP contribution in [0.5, 0.6) is 0 Å². The number of imidazole rings is 1. The van der Waals surface area contributed by atoms with Gasteiger partial charge in [-0.3, -0.25) is 14.4 Å². The molecule has 0 aliphatic carbocycles. The molecule has 1 amide bonds. The molecule has 1 unspecified atom stereocenters. The monoisotopic (exact) mass is 438 g/mol. The zero-order valence-electron chi connectivity index (χ0n) is 17.3. The number of hydrogen-bond donors (Lipinski definition) is 4. The Morgan fingerprint density at radius 3 is 2.52 bits per heavy atom. The zero-order chi connectivity index (χ0) is 22.8. The number of nitrogens with zero attached hydrogens (tertiary/aromatic N) is 6. The van der Waals surface area contributed by atoms with E-state index in [1.807, 2.05) is 6.20 Å². The van der Waals surface area contributed by atoms with E-state index in [4.69, 9.17) is 24.5 Å². The number of tetrazole rings is 1. The molecule has 2 aliphatic heterocycles. The van der Waals surface area contributed by atoms with Gasteiger partial charge >= 0.3 is 0 Å². The Kier molecular flexibility index (Phi) is 9.02. The number of carboxylic acids is 2. The number of rotatable bonds is 2. The molecule has 0 spiro atoms. The lowest BCUT2D eigenvalue weighted by Crippen LogP contribution is -2.42. The predicted octanol–water partition coefficient (Wildman–Crippen LogP) is -1.06. The van der Waals surface area contributed by atoms with Crippen molar-refractivity contribution in [2.75, 3.05) is 32.8 Å². The summed E-state index contributed by atoms with van der Waals surface area (Å²) in [6, 6.07) is 0. The summed E-state index contributed by atoms with van der Waals surface area (Å²) < 4.78 is 7.68. The molecule has 0 saturated carbocycles. The SMILES string of the molecule is CC(=O)O.CC(=O)O.O=C(c1cn2c(n1)CCNCC2)N1CCOC(c2nn[nH]n2)C1. The number of aromatic nitrogens is 6. The fraction of sp³-hybridized carbons (Fsp3) is 0.588. The van der Waals surface area contributed by atoms with Gasteiger partial charge in [0.1, 0.15) is 17.6 Å². The highest BCUT2D eigenvalue weighted by Crippen LogP contribution is 2.20. The van der Waals surface area contributed by atoms with Crippen molar-refractivity contribution in [2.45, 2.75) is 32.9 Å². The van der Waals surface area contributed by atoms with Crippen LogP contribution in [0.4, 0.5) is 0 Å². The van der Waals surface area contributed by atoms with E-state index in [0.717, 1.165) is 45.7 Å². The first-order valence-corrected chi connectivity index (χ1v) is 9.58. The number of carbonyl (C=O) groups is 3. The molecule has 0 radical (unpaired) electrons. The van der Waals surface area contributed by atoms with E-state index in [1.165, 1.54) is 0 Å². The molecule has 4 N–H and O–H groups in total. The lowest BCUT2D eigenvalue weighted by atomic mass is 10.2. The minimum atomic E-state index is -0.833. The Morgan fingerprint density at radius 1 is 1.16 bits per heavy atom. The largest absolute Gasteiger partial charge is 0.481 e. The highest BCUT2D eigenvalue weighted by molar-refractivity contribution is 5.92. The van der Waals surface area contributed by atoms with Crippen molar-refractivity contribution in [2.24, 2.45) is 0 Å². The van der Waals surface area contributed by atoms with Gasteiger partial charge in [-0.05, 0) is 0 Å². The summed E-state index contributed by atoms with van der Waals surface area (Å²) in [6.45, 7) is 6.18. The highest BCUT2D eigenvalue weighted by atomic mass is 16.5. The second kappa shape index (κ2) is 11.7. The van der Waals surface area contributed by atoms with Gasteiger partial charge in [-0.15, -0.1) is 10.2 Å². The lowest BCUT2D eigenvalue weighted by molar-refractivity contribution is -0.135. The number of aliphatic carboxylic acids is 2. The van der Waals surface area contributed by atoms with Crippen molar-refractivity contribution in [3.8, 4) is 0 Å². The van der Waals surface area contributed by atoms with Gasteiger partial charge in [0.15, 0.2) is 0 Å². The molecule has 14 heteroatoms. The quantitative estimate of drug-likeness (QED) is 0.447. The summed E-state index contributed by atoms with van der Waals surface area (Å²) in [5.41, 5.74) is 0.496. The number of amides is 1. The number of aromatic amines is 1. The van der Waals surface area contributed by atoms with Crippen LogP contribution in [0.15, 0.2) is 6.20 Å². The highest BCUT2D eigenvalue weighted by Gasteiger charge is 2.30.